The number of para-hydroxylation sites is 1. The number of rotatable bonds is 1. The van der Waals surface area contributed by atoms with Crippen LogP contribution < -0.4 is 0 Å². The molecule has 4 rings (SSSR count). The van der Waals surface area contributed by atoms with Crippen LogP contribution in [-0.4, -0.2) is 5.71 Å². The molecule has 1 fully saturated rings. The average Bonchev–Trinajstić information content (AvgIpc) is 2.81. The predicted molar refractivity (Wildman–Crippen MR) is 84.8 cm³/mol. The molecule has 1 nitrogen and oxygen atoms in total. The largest absolute Gasteiger partial charge is 0.256 e. The van der Waals surface area contributed by atoms with Crippen molar-refractivity contribution in [1.82, 2.24) is 0 Å². The van der Waals surface area contributed by atoms with Gasteiger partial charge in [0.15, 0.2) is 0 Å². The zero-order valence-electron chi connectivity index (χ0n) is 11.9. The number of nitrogens with zero attached hydrogens (tertiary/aromatic N) is 1. The molecule has 0 spiro atoms. The van der Waals surface area contributed by atoms with Gasteiger partial charge in [0.25, 0.3) is 0 Å². The standard InChI is InChI=1S/C19H19N/c1-19-13-6-5-12-17(19)20-18-15(10-7-11-16(18)19)14-8-3-2-4-9-14/h2-4,7-11H,5-6,12-13H2,1H3. The van der Waals surface area contributed by atoms with E-state index in [2.05, 4.69) is 55.5 Å². The molecule has 1 atom stereocenters. The summed E-state index contributed by atoms with van der Waals surface area (Å²) in [4.78, 5) is 5.04. The summed E-state index contributed by atoms with van der Waals surface area (Å²) in [6.07, 6.45) is 5.03. The molecule has 0 N–H and O–H groups in total. The summed E-state index contributed by atoms with van der Waals surface area (Å²) in [6.45, 7) is 2.38. The van der Waals surface area contributed by atoms with E-state index in [1.54, 1.807) is 0 Å². The molecule has 0 bridgehead atoms. The van der Waals surface area contributed by atoms with Gasteiger partial charge < -0.3 is 0 Å². The van der Waals surface area contributed by atoms with E-state index in [4.69, 9.17) is 4.99 Å². The maximum absolute atomic E-state index is 5.04. The second kappa shape index (κ2) is 4.31. The van der Waals surface area contributed by atoms with Gasteiger partial charge in [0.2, 0.25) is 0 Å². The fraction of sp³-hybridized carbons (Fsp3) is 0.316. The molecular formula is C19H19N. The third kappa shape index (κ3) is 1.59. The van der Waals surface area contributed by atoms with Gasteiger partial charge in [-0.1, -0.05) is 61.9 Å². The third-order valence-corrected chi connectivity index (χ3v) is 4.94. The predicted octanol–water partition coefficient (Wildman–Crippen LogP) is 5.27. The second-order valence-electron chi connectivity index (χ2n) is 6.17. The van der Waals surface area contributed by atoms with Gasteiger partial charge in [-0.15, -0.1) is 0 Å². The van der Waals surface area contributed by atoms with Crippen LogP contribution in [0.3, 0.4) is 0 Å². The second-order valence-corrected chi connectivity index (χ2v) is 6.17. The molecule has 1 aliphatic carbocycles. The Morgan fingerprint density at radius 3 is 2.65 bits per heavy atom. The lowest BCUT2D eigenvalue weighted by Crippen LogP contribution is -2.32. The summed E-state index contributed by atoms with van der Waals surface area (Å²) in [5.74, 6) is 0. The highest BCUT2D eigenvalue weighted by Gasteiger charge is 2.41. The Morgan fingerprint density at radius 1 is 0.950 bits per heavy atom. The zero-order chi connectivity index (χ0) is 13.6. The first kappa shape index (κ1) is 11.9. The van der Waals surface area contributed by atoms with E-state index in [1.165, 1.54) is 53.8 Å². The van der Waals surface area contributed by atoms with Gasteiger partial charge in [-0.3, -0.25) is 4.99 Å². The topological polar surface area (TPSA) is 12.4 Å². The molecule has 1 heterocycles. The zero-order valence-corrected chi connectivity index (χ0v) is 11.9. The Kier molecular flexibility index (Phi) is 2.56. The average molecular weight is 261 g/mol. The number of benzene rings is 2. The minimum absolute atomic E-state index is 0.193. The SMILES string of the molecule is CC12CCCCC1=Nc1c(-c3ccccc3)cccc12. The molecule has 0 radical (unpaired) electrons. The maximum atomic E-state index is 5.04. The lowest BCUT2D eigenvalue weighted by Gasteiger charge is -2.31. The molecule has 20 heavy (non-hydrogen) atoms. The van der Waals surface area contributed by atoms with Gasteiger partial charge >= 0.3 is 0 Å². The van der Waals surface area contributed by atoms with Crippen LogP contribution in [0.15, 0.2) is 53.5 Å². The minimum atomic E-state index is 0.193. The molecule has 2 aromatic rings. The van der Waals surface area contributed by atoms with Gasteiger partial charge in [-0.05, 0) is 30.4 Å². The van der Waals surface area contributed by atoms with Crippen LogP contribution in [0.5, 0.6) is 0 Å². The fourth-order valence-corrected chi connectivity index (χ4v) is 3.76. The summed E-state index contributed by atoms with van der Waals surface area (Å²) in [5, 5.41) is 0. The summed E-state index contributed by atoms with van der Waals surface area (Å²) < 4.78 is 0. The van der Waals surface area contributed by atoms with Crippen molar-refractivity contribution >= 4 is 11.4 Å². The van der Waals surface area contributed by atoms with Gasteiger partial charge in [-0.2, -0.15) is 0 Å². The van der Waals surface area contributed by atoms with E-state index in [1.807, 2.05) is 0 Å². The lowest BCUT2D eigenvalue weighted by atomic mass is 9.70. The number of fused-ring (bicyclic) bond motifs is 3. The van der Waals surface area contributed by atoms with Crippen molar-refractivity contribution < 1.29 is 0 Å². The summed E-state index contributed by atoms with van der Waals surface area (Å²) in [6, 6.07) is 17.3. The van der Waals surface area contributed by atoms with E-state index >= 15 is 0 Å². The van der Waals surface area contributed by atoms with Gasteiger partial charge in [-0.25, -0.2) is 0 Å². The molecule has 1 unspecified atom stereocenters. The summed E-state index contributed by atoms with van der Waals surface area (Å²) in [5.41, 5.74) is 6.81. The molecular weight excluding hydrogens is 242 g/mol. The van der Waals surface area contributed by atoms with Crippen LogP contribution in [0.1, 0.15) is 38.2 Å². The molecule has 0 saturated heterocycles. The Morgan fingerprint density at radius 2 is 1.80 bits per heavy atom. The Labute approximate surface area is 120 Å². The van der Waals surface area contributed by atoms with Crippen molar-refractivity contribution in [3.05, 3.63) is 54.1 Å². The van der Waals surface area contributed by atoms with Crippen LogP contribution in [0.4, 0.5) is 5.69 Å². The van der Waals surface area contributed by atoms with Crippen LogP contribution >= 0.6 is 0 Å². The molecule has 1 aliphatic heterocycles. The van der Waals surface area contributed by atoms with Crippen molar-refractivity contribution in [1.29, 1.82) is 0 Å². The number of aliphatic imine (C=N–C) groups is 1. The van der Waals surface area contributed by atoms with Crippen molar-refractivity contribution in [3.63, 3.8) is 0 Å². The number of hydrogen-bond acceptors (Lipinski definition) is 1. The van der Waals surface area contributed by atoms with E-state index in [-0.39, 0.29) is 5.41 Å². The first-order valence-corrected chi connectivity index (χ1v) is 7.56. The first-order valence-electron chi connectivity index (χ1n) is 7.56. The highest BCUT2D eigenvalue weighted by molar-refractivity contribution is 6.04. The minimum Gasteiger partial charge on any atom is -0.256 e. The molecule has 0 amide bonds. The summed E-state index contributed by atoms with van der Waals surface area (Å²) in [7, 11) is 0. The number of hydrogen-bond donors (Lipinski definition) is 0. The van der Waals surface area contributed by atoms with Crippen molar-refractivity contribution in [2.75, 3.05) is 0 Å². The Balaban J connectivity index is 1.93. The molecule has 1 saturated carbocycles. The van der Waals surface area contributed by atoms with Gasteiger partial charge in [0.05, 0.1) is 5.69 Å². The molecule has 2 aromatic carbocycles. The van der Waals surface area contributed by atoms with Crippen LogP contribution in [0.25, 0.3) is 11.1 Å². The van der Waals surface area contributed by atoms with Crippen LogP contribution in [0, 0.1) is 0 Å². The van der Waals surface area contributed by atoms with Gasteiger partial charge in [0.1, 0.15) is 0 Å². The monoisotopic (exact) mass is 261 g/mol. The van der Waals surface area contributed by atoms with E-state index in [0.29, 0.717) is 0 Å². The van der Waals surface area contributed by atoms with Crippen molar-refractivity contribution in [3.8, 4) is 11.1 Å². The highest BCUT2D eigenvalue weighted by atomic mass is 14.8. The highest BCUT2D eigenvalue weighted by Crippen LogP contribution is 2.50. The van der Waals surface area contributed by atoms with E-state index < -0.39 is 0 Å². The quantitative estimate of drug-likeness (QED) is 0.663. The van der Waals surface area contributed by atoms with Gasteiger partial charge in [0, 0.05) is 16.7 Å². The van der Waals surface area contributed by atoms with Crippen LogP contribution in [-0.2, 0) is 5.41 Å². The smallest absolute Gasteiger partial charge is 0.0749 e. The lowest BCUT2D eigenvalue weighted by molar-refractivity contribution is 0.498. The molecule has 2 aliphatic rings. The third-order valence-electron chi connectivity index (χ3n) is 4.94. The first-order chi connectivity index (χ1) is 9.79. The normalized spacial score (nSPS) is 23.9. The molecule has 0 aromatic heterocycles. The Bertz CT molecular complexity index is 684. The van der Waals surface area contributed by atoms with Crippen molar-refractivity contribution in [2.45, 2.75) is 38.0 Å². The maximum Gasteiger partial charge on any atom is 0.0749 e. The van der Waals surface area contributed by atoms with Crippen molar-refractivity contribution in [2.24, 2.45) is 4.99 Å². The van der Waals surface area contributed by atoms with E-state index in [0.717, 1.165) is 0 Å². The Hall–Kier alpha value is -1.89. The molecule has 100 valence electrons. The van der Waals surface area contributed by atoms with Crippen LogP contribution in [0.2, 0.25) is 0 Å². The fourth-order valence-electron chi connectivity index (χ4n) is 3.76. The summed E-state index contributed by atoms with van der Waals surface area (Å²) >= 11 is 0. The van der Waals surface area contributed by atoms with E-state index in [9.17, 15) is 0 Å². The molecule has 1 heteroatoms.